The molecule has 1 saturated carbocycles. The third kappa shape index (κ3) is 2.23. The zero-order valence-corrected chi connectivity index (χ0v) is 9.33. The van der Waals surface area contributed by atoms with Crippen LogP contribution in [0.15, 0.2) is 18.2 Å². The summed E-state index contributed by atoms with van der Waals surface area (Å²) in [6.07, 6.45) is 2.37. The second-order valence-electron chi connectivity index (χ2n) is 4.28. The normalized spacial score (nSPS) is 22.8. The van der Waals surface area contributed by atoms with Gasteiger partial charge in [-0.15, -0.1) is 0 Å². The van der Waals surface area contributed by atoms with Crippen LogP contribution in [0.1, 0.15) is 30.9 Å². The fourth-order valence-corrected chi connectivity index (χ4v) is 1.99. The van der Waals surface area contributed by atoms with E-state index >= 15 is 0 Å². The molecule has 1 N–H and O–H groups in total. The average Bonchev–Trinajstić information content (AvgIpc) is 3.06. The molecule has 2 nitrogen and oxygen atoms in total. The van der Waals surface area contributed by atoms with Crippen LogP contribution in [0.25, 0.3) is 0 Å². The Hall–Kier alpha value is -1.40. The first-order valence-corrected chi connectivity index (χ1v) is 5.67. The van der Waals surface area contributed by atoms with Crippen molar-refractivity contribution in [3.8, 4) is 6.07 Å². The number of halogens is 1. The van der Waals surface area contributed by atoms with Crippen molar-refractivity contribution >= 4 is 0 Å². The van der Waals surface area contributed by atoms with Gasteiger partial charge in [0.25, 0.3) is 0 Å². The van der Waals surface area contributed by atoms with Crippen LogP contribution in [0.2, 0.25) is 0 Å². The number of nitriles is 1. The number of rotatable bonds is 4. The molecule has 1 aliphatic rings. The van der Waals surface area contributed by atoms with Crippen LogP contribution in [-0.4, -0.2) is 6.04 Å². The molecule has 84 valence electrons. The molecule has 0 bridgehead atoms. The fourth-order valence-electron chi connectivity index (χ4n) is 1.99. The Bertz CT molecular complexity index is 422. The lowest BCUT2D eigenvalue weighted by molar-refractivity contribution is 0.571. The third-order valence-corrected chi connectivity index (χ3v) is 3.20. The van der Waals surface area contributed by atoms with Gasteiger partial charge < -0.3 is 5.32 Å². The van der Waals surface area contributed by atoms with Crippen LogP contribution in [0.4, 0.5) is 4.39 Å². The van der Waals surface area contributed by atoms with E-state index in [0.29, 0.717) is 18.2 Å². The van der Waals surface area contributed by atoms with E-state index in [4.69, 9.17) is 5.26 Å². The number of hydrogen-bond donors (Lipinski definition) is 1. The van der Waals surface area contributed by atoms with Gasteiger partial charge in [0.05, 0.1) is 5.56 Å². The molecule has 0 saturated heterocycles. The van der Waals surface area contributed by atoms with Crippen molar-refractivity contribution in [1.82, 2.24) is 5.32 Å². The molecule has 0 aliphatic heterocycles. The third-order valence-electron chi connectivity index (χ3n) is 3.20. The molecule has 0 amide bonds. The Morgan fingerprint density at radius 3 is 3.00 bits per heavy atom. The van der Waals surface area contributed by atoms with E-state index in [9.17, 15) is 4.39 Å². The highest BCUT2D eigenvalue weighted by Gasteiger charge is 2.34. The molecule has 0 aromatic heterocycles. The second kappa shape index (κ2) is 4.63. The van der Waals surface area contributed by atoms with Crippen molar-refractivity contribution in [2.24, 2.45) is 5.92 Å². The first-order valence-electron chi connectivity index (χ1n) is 5.67. The summed E-state index contributed by atoms with van der Waals surface area (Å²) in [6.45, 7) is 2.69. The molecule has 2 rings (SSSR count). The van der Waals surface area contributed by atoms with Gasteiger partial charge in [-0.3, -0.25) is 0 Å². The van der Waals surface area contributed by atoms with E-state index < -0.39 is 0 Å². The van der Waals surface area contributed by atoms with E-state index in [0.717, 1.165) is 5.92 Å². The van der Waals surface area contributed by atoms with Gasteiger partial charge in [0, 0.05) is 18.2 Å². The van der Waals surface area contributed by atoms with Crippen molar-refractivity contribution in [1.29, 1.82) is 5.26 Å². The number of nitrogens with one attached hydrogen (secondary N) is 1. The molecule has 2 atom stereocenters. The smallest absolute Gasteiger partial charge is 0.145 e. The summed E-state index contributed by atoms with van der Waals surface area (Å²) in [4.78, 5) is 0. The highest BCUT2D eigenvalue weighted by Crippen LogP contribution is 2.33. The SMILES string of the molecule is CCC1CC1NCc1cccc(C#N)c1F. The lowest BCUT2D eigenvalue weighted by Gasteiger charge is -2.06. The van der Waals surface area contributed by atoms with E-state index in [1.165, 1.54) is 18.9 Å². The van der Waals surface area contributed by atoms with Crippen LogP contribution in [0, 0.1) is 23.1 Å². The number of nitrogens with zero attached hydrogens (tertiary/aromatic N) is 1. The molecule has 3 heteroatoms. The first kappa shape index (κ1) is 11.1. The molecule has 2 unspecified atom stereocenters. The molecule has 1 fully saturated rings. The van der Waals surface area contributed by atoms with Gasteiger partial charge in [-0.2, -0.15) is 5.26 Å². The Balaban J connectivity index is 1.97. The lowest BCUT2D eigenvalue weighted by atomic mass is 10.1. The van der Waals surface area contributed by atoms with Crippen LogP contribution in [0.3, 0.4) is 0 Å². The summed E-state index contributed by atoms with van der Waals surface area (Å²) in [5.41, 5.74) is 0.711. The van der Waals surface area contributed by atoms with E-state index in [1.54, 1.807) is 12.1 Å². The summed E-state index contributed by atoms with van der Waals surface area (Å²) in [5, 5.41) is 12.0. The molecule has 16 heavy (non-hydrogen) atoms. The standard InChI is InChI=1S/C13H15FN2/c1-2-9-6-12(9)16-8-11-5-3-4-10(7-15)13(11)14/h3-5,9,12,16H,2,6,8H2,1H3. The molecule has 0 spiro atoms. The van der Waals surface area contributed by atoms with Gasteiger partial charge in [-0.05, 0) is 18.4 Å². The van der Waals surface area contributed by atoms with E-state index in [1.807, 2.05) is 6.07 Å². The predicted octanol–water partition coefficient (Wildman–Crippen LogP) is 2.59. The summed E-state index contributed by atoms with van der Waals surface area (Å²) in [7, 11) is 0. The highest BCUT2D eigenvalue weighted by atomic mass is 19.1. The van der Waals surface area contributed by atoms with Gasteiger partial charge >= 0.3 is 0 Å². The molecular formula is C13H15FN2. The quantitative estimate of drug-likeness (QED) is 0.843. The number of hydrogen-bond acceptors (Lipinski definition) is 2. The Morgan fingerprint density at radius 2 is 2.38 bits per heavy atom. The average molecular weight is 218 g/mol. The zero-order valence-electron chi connectivity index (χ0n) is 9.33. The topological polar surface area (TPSA) is 35.8 Å². The zero-order chi connectivity index (χ0) is 11.5. The van der Waals surface area contributed by atoms with Gasteiger partial charge in [0.1, 0.15) is 11.9 Å². The van der Waals surface area contributed by atoms with Gasteiger partial charge in [0.15, 0.2) is 0 Å². The minimum Gasteiger partial charge on any atom is -0.310 e. The maximum Gasteiger partial charge on any atom is 0.145 e. The molecule has 0 heterocycles. The van der Waals surface area contributed by atoms with Gasteiger partial charge in [0.2, 0.25) is 0 Å². The predicted molar refractivity (Wildman–Crippen MR) is 60.1 cm³/mol. The number of benzene rings is 1. The maximum absolute atomic E-state index is 13.7. The Kier molecular flexibility index (Phi) is 3.21. The first-order chi connectivity index (χ1) is 7.76. The molecule has 0 radical (unpaired) electrons. The summed E-state index contributed by atoms with van der Waals surface area (Å²) in [5.74, 6) is 0.369. The Labute approximate surface area is 95.1 Å². The fraction of sp³-hybridized carbons (Fsp3) is 0.462. The van der Waals surface area contributed by atoms with Crippen molar-refractivity contribution in [3.63, 3.8) is 0 Å². The second-order valence-corrected chi connectivity index (χ2v) is 4.28. The lowest BCUT2D eigenvalue weighted by Crippen LogP contribution is -2.18. The van der Waals surface area contributed by atoms with Gasteiger partial charge in [-0.1, -0.05) is 25.5 Å². The van der Waals surface area contributed by atoms with Crippen LogP contribution in [0.5, 0.6) is 0 Å². The largest absolute Gasteiger partial charge is 0.310 e. The molecule has 1 aliphatic carbocycles. The monoisotopic (exact) mass is 218 g/mol. The van der Waals surface area contributed by atoms with Crippen LogP contribution < -0.4 is 5.32 Å². The van der Waals surface area contributed by atoms with Crippen molar-refractivity contribution < 1.29 is 4.39 Å². The summed E-state index contributed by atoms with van der Waals surface area (Å²) >= 11 is 0. The van der Waals surface area contributed by atoms with Crippen LogP contribution in [-0.2, 0) is 6.54 Å². The minimum atomic E-state index is -0.383. The van der Waals surface area contributed by atoms with Crippen molar-refractivity contribution in [2.75, 3.05) is 0 Å². The van der Waals surface area contributed by atoms with Crippen molar-refractivity contribution in [2.45, 2.75) is 32.4 Å². The molecule has 1 aromatic carbocycles. The minimum absolute atomic E-state index is 0.127. The van der Waals surface area contributed by atoms with Crippen molar-refractivity contribution in [3.05, 3.63) is 35.1 Å². The summed E-state index contributed by atoms with van der Waals surface area (Å²) < 4.78 is 13.7. The van der Waals surface area contributed by atoms with Gasteiger partial charge in [-0.25, -0.2) is 4.39 Å². The molecular weight excluding hydrogens is 203 g/mol. The van der Waals surface area contributed by atoms with E-state index in [-0.39, 0.29) is 11.4 Å². The summed E-state index contributed by atoms with van der Waals surface area (Å²) in [6, 6.07) is 7.35. The highest BCUT2D eigenvalue weighted by molar-refractivity contribution is 5.34. The maximum atomic E-state index is 13.7. The van der Waals surface area contributed by atoms with E-state index in [2.05, 4.69) is 12.2 Å². The Morgan fingerprint density at radius 1 is 1.56 bits per heavy atom. The van der Waals surface area contributed by atoms with Crippen LogP contribution >= 0.6 is 0 Å². The molecule has 1 aromatic rings.